The van der Waals surface area contributed by atoms with Crippen LogP contribution in [0.4, 0.5) is 5.88 Å². The molecule has 0 aliphatic heterocycles. The highest BCUT2D eigenvalue weighted by Crippen LogP contribution is 2.32. The first-order chi connectivity index (χ1) is 15.4. The fourth-order valence-corrected chi connectivity index (χ4v) is 3.68. The molecule has 3 aromatic carbocycles. The van der Waals surface area contributed by atoms with Crippen LogP contribution in [-0.2, 0) is 0 Å². The van der Waals surface area contributed by atoms with Gasteiger partial charge in [0, 0.05) is 15.6 Å². The lowest BCUT2D eigenvalue weighted by atomic mass is 10.0. The van der Waals surface area contributed by atoms with Gasteiger partial charge in [0.05, 0.1) is 25.2 Å². The second kappa shape index (κ2) is 8.94. The molecule has 0 radical (unpaired) electrons. The number of amides is 1. The maximum Gasteiger partial charge on any atom is 0.258 e. The van der Waals surface area contributed by atoms with Crippen LogP contribution in [0.15, 0.2) is 69.9 Å². The van der Waals surface area contributed by atoms with E-state index in [1.54, 1.807) is 48.5 Å². The van der Waals surface area contributed by atoms with Crippen LogP contribution in [-0.4, -0.2) is 20.1 Å². The Hall–Kier alpha value is -3.48. The smallest absolute Gasteiger partial charge is 0.258 e. The molecule has 0 aliphatic rings. The van der Waals surface area contributed by atoms with Crippen LogP contribution in [0.2, 0.25) is 10.0 Å². The van der Waals surface area contributed by atoms with Gasteiger partial charge in [-0.15, -0.1) is 0 Å². The zero-order valence-electron chi connectivity index (χ0n) is 17.1. The lowest BCUT2D eigenvalue weighted by molar-refractivity contribution is 0.102. The van der Waals surface area contributed by atoms with Crippen molar-refractivity contribution < 1.29 is 18.7 Å². The van der Waals surface area contributed by atoms with Crippen LogP contribution in [0.1, 0.15) is 10.4 Å². The van der Waals surface area contributed by atoms with Crippen molar-refractivity contribution >= 4 is 46.0 Å². The van der Waals surface area contributed by atoms with E-state index >= 15 is 0 Å². The van der Waals surface area contributed by atoms with Crippen LogP contribution in [0.3, 0.4) is 0 Å². The fraction of sp³-hybridized carbons (Fsp3) is 0.0833. The lowest BCUT2D eigenvalue weighted by Gasteiger charge is -2.13. The number of carbonyl (C=O) groups is 1. The summed E-state index contributed by atoms with van der Waals surface area (Å²) >= 11 is 12.2. The van der Waals surface area contributed by atoms with Gasteiger partial charge in [0.1, 0.15) is 5.58 Å². The van der Waals surface area contributed by atoms with E-state index in [0.717, 1.165) is 0 Å². The molecule has 0 bridgehead atoms. The van der Waals surface area contributed by atoms with Gasteiger partial charge in [-0.25, -0.2) is 0 Å². The highest BCUT2D eigenvalue weighted by Gasteiger charge is 2.20. The molecule has 0 saturated heterocycles. The predicted molar refractivity (Wildman–Crippen MR) is 125 cm³/mol. The predicted octanol–water partition coefficient (Wildman–Crippen LogP) is 6.04. The van der Waals surface area contributed by atoms with E-state index < -0.39 is 5.91 Å². The number of hydrogen-bond acceptors (Lipinski definition) is 5. The van der Waals surface area contributed by atoms with Gasteiger partial charge in [0.2, 0.25) is 11.3 Å². The molecule has 1 amide bonds. The lowest BCUT2D eigenvalue weighted by Crippen LogP contribution is -2.16. The molecule has 8 heteroatoms. The summed E-state index contributed by atoms with van der Waals surface area (Å²) in [5.41, 5.74) is 0.886. The average Bonchev–Trinajstić information content (AvgIpc) is 2.79. The number of benzene rings is 3. The van der Waals surface area contributed by atoms with E-state index in [1.165, 1.54) is 26.4 Å². The summed E-state index contributed by atoms with van der Waals surface area (Å²) in [6, 6.07) is 16.2. The largest absolute Gasteiger partial charge is 0.493 e. The molecule has 0 atom stereocenters. The zero-order valence-corrected chi connectivity index (χ0v) is 18.6. The molecule has 0 fully saturated rings. The minimum atomic E-state index is -0.495. The number of hydrogen-bond donors (Lipinski definition) is 1. The second-order valence-electron chi connectivity index (χ2n) is 6.81. The third kappa shape index (κ3) is 4.15. The summed E-state index contributed by atoms with van der Waals surface area (Å²) in [6.07, 6.45) is 0. The van der Waals surface area contributed by atoms with Gasteiger partial charge in [0.15, 0.2) is 11.5 Å². The van der Waals surface area contributed by atoms with E-state index in [-0.39, 0.29) is 27.8 Å². The summed E-state index contributed by atoms with van der Waals surface area (Å²) in [5.74, 6) is 0.375. The van der Waals surface area contributed by atoms with Gasteiger partial charge in [-0.3, -0.25) is 14.9 Å². The number of anilines is 1. The van der Waals surface area contributed by atoms with Gasteiger partial charge >= 0.3 is 0 Å². The topological polar surface area (TPSA) is 77.8 Å². The van der Waals surface area contributed by atoms with Crippen molar-refractivity contribution in [2.24, 2.45) is 0 Å². The molecular weight excluding hydrogens is 453 g/mol. The number of methoxy groups -OCH3 is 2. The number of carbonyl (C=O) groups excluding carboxylic acids is 1. The van der Waals surface area contributed by atoms with Crippen LogP contribution in [0.5, 0.6) is 11.5 Å². The minimum Gasteiger partial charge on any atom is -0.493 e. The Kier molecular flexibility index (Phi) is 6.08. The molecular formula is C24H17Cl2NO5. The molecule has 0 unspecified atom stereocenters. The molecule has 162 valence electrons. The Bertz CT molecular complexity index is 1400. The number of nitrogens with one attached hydrogen (secondary N) is 1. The number of rotatable bonds is 5. The first-order valence-electron chi connectivity index (χ1n) is 9.47. The molecule has 6 nitrogen and oxygen atoms in total. The molecule has 0 aliphatic carbocycles. The zero-order chi connectivity index (χ0) is 22.8. The Morgan fingerprint density at radius 1 is 0.906 bits per heavy atom. The maximum absolute atomic E-state index is 13.4. The molecule has 4 rings (SSSR count). The van der Waals surface area contributed by atoms with Crippen molar-refractivity contribution in [1.29, 1.82) is 0 Å². The van der Waals surface area contributed by atoms with Crippen LogP contribution in [0, 0.1) is 0 Å². The molecule has 1 N–H and O–H groups in total. The van der Waals surface area contributed by atoms with E-state index in [9.17, 15) is 9.59 Å². The minimum absolute atomic E-state index is 0.00752. The number of ether oxygens (including phenoxy) is 2. The molecule has 1 aromatic heterocycles. The highest BCUT2D eigenvalue weighted by molar-refractivity contribution is 6.31. The fourth-order valence-electron chi connectivity index (χ4n) is 3.31. The molecule has 0 spiro atoms. The van der Waals surface area contributed by atoms with Gasteiger partial charge in [-0.2, -0.15) is 0 Å². The Balaban J connectivity index is 1.86. The van der Waals surface area contributed by atoms with Crippen molar-refractivity contribution in [2.75, 3.05) is 19.5 Å². The number of fused-ring (bicyclic) bond motifs is 1. The molecule has 32 heavy (non-hydrogen) atoms. The van der Waals surface area contributed by atoms with Crippen molar-refractivity contribution in [3.8, 4) is 22.6 Å². The highest BCUT2D eigenvalue weighted by atomic mass is 35.5. The van der Waals surface area contributed by atoms with Gasteiger partial charge < -0.3 is 13.9 Å². The summed E-state index contributed by atoms with van der Waals surface area (Å²) in [6.45, 7) is 0. The van der Waals surface area contributed by atoms with Gasteiger partial charge in [-0.05, 0) is 54.1 Å². The maximum atomic E-state index is 13.4. The molecule has 0 saturated carbocycles. The van der Waals surface area contributed by atoms with E-state index in [1.807, 2.05) is 0 Å². The molecule has 4 aromatic rings. The Morgan fingerprint density at radius 2 is 1.66 bits per heavy atom. The van der Waals surface area contributed by atoms with Gasteiger partial charge in [0.25, 0.3) is 5.91 Å². The molecule has 1 heterocycles. The van der Waals surface area contributed by atoms with Crippen molar-refractivity contribution in [3.63, 3.8) is 0 Å². The standard InChI is InChI=1S/C24H17Cl2NO5/c1-30-19-8-6-14(11-20(19)31-2)23(29)27-24-21(13-4-3-5-15(25)10-13)22(28)17-12-16(26)7-9-18(17)32-24/h3-12H,1-2H3,(H,27,29). The van der Waals surface area contributed by atoms with Crippen molar-refractivity contribution in [1.82, 2.24) is 0 Å². The van der Waals surface area contributed by atoms with E-state index in [0.29, 0.717) is 32.7 Å². The normalized spacial score (nSPS) is 10.8. The third-order valence-electron chi connectivity index (χ3n) is 4.84. The first-order valence-corrected chi connectivity index (χ1v) is 10.2. The van der Waals surface area contributed by atoms with Crippen LogP contribution in [0.25, 0.3) is 22.1 Å². The first kappa shape index (κ1) is 21.7. The Labute approximate surface area is 193 Å². The van der Waals surface area contributed by atoms with E-state index in [4.69, 9.17) is 37.1 Å². The Morgan fingerprint density at radius 3 is 2.38 bits per heavy atom. The summed E-state index contributed by atoms with van der Waals surface area (Å²) in [5, 5.41) is 3.82. The summed E-state index contributed by atoms with van der Waals surface area (Å²) in [7, 11) is 2.98. The SMILES string of the molecule is COc1ccc(C(=O)Nc2oc3ccc(Cl)cc3c(=O)c2-c2cccc(Cl)c2)cc1OC. The van der Waals surface area contributed by atoms with Crippen LogP contribution < -0.4 is 20.2 Å². The van der Waals surface area contributed by atoms with E-state index in [2.05, 4.69) is 5.32 Å². The van der Waals surface area contributed by atoms with Crippen molar-refractivity contribution in [3.05, 3.63) is 86.5 Å². The summed E-state index contributed by atoms with van der Waals surface area (Å²) in [4.78, 5) is 26.4. The number of halogens is 2. The quantitative estimate of drug-likeness (QED) is 0.385. The monoisotopic (exact) mass is 469 g/mol. The second-order valence-corrected chi connectivity index (χ2v) is 7.68. The van der Waals surface area contributed by atoms with Crippen molar-refractivity contribution in [2.45, 2.75) is 0 Å². The third-order valence-corrected chi connectivity index (χ3v) is 5.31. The van der Waals surface area contributed by atoms with Crippen LogP contribution >= 0.6 is 23.2 Å². The average molecular weight is 470 g/mol. The van der Waals surface area contributed by atoms with Gasteiger partial charge in [-0.1, -0.05) is 35.3 Å². The summed E-state index contributed by atoms with van der Waals surface area (Å²) < 4.78 is 16.4.